The summed E-state index contributed by atoms with van der Waals surface area (Å²) in [5.41, 5.74) is -5.05. The molecule has 2 N–H and O–H groups in total. The maximum atomic E-state index is 13.8. The highest BCUT2D eigenvalue weighted by Gasteiger charge is 2.70. The Morgan fingerprint density at radius 2 is 1.79 bits per heavy atom. The lowest BCUT2D eigenvalue weighted by atomic mass is 9.91. The number of rotatable bonds is 7. The van der Waals surface area contributed by atoms with E-state index >= 15 is 0 Å². The Kier molecular flexibility index (Phi) is 6.20. The Bertz CT molecular complexity index is 596. The quantitative estimate of drug-likeness (QED) is 0.516. The van der Waals surface area contributed by atoms with E-state index in [9.17, 15) is 27.3 Å². The van der Waals surface area contributed by atoms with Crippen LogP contribution in [0.15, 0.2) is 11.3 Å². The molecule has 0 saturated heterocycles. The molecule has 1 aliphatic rings. The van der Waals surface area contributed by atoms with Crippen molar-refractivity contribution in [2.75, 3.05) is 20.3 Å². The highest BCUT2D eigenvalue weighted by molar-refractivity contribution is 7.51. The summed E-state index contributed by atoms with van der Waals surface area (Å²) in [5.74, 6) is -3.04. The van der Waals surface area contributed by atoms with Gasteiger partial charge in [0, 0.05) is 5.70 Å². The molecule has 0 fully saturated rings. The summed E-state index contributed by atoms with van der Waals surface area (Å²) >= 11 is 0. The average Bonchev–Trinajstić information content (AvgIpc) is 2.69. The largest absolute Gasteiger partial charge is 0.466 e. The Hall–Kier alpha value is -1.42. The molecule has 0 aliphatic carbocycles. The second kappa shape index (κ2) is 7.22. The molecule has 0 aromatic heterocycles. The average molecular weight is 374 g/mol. The van der Waals surface area contributed by atoms with Crippen LogP contribution in [0.3, 0.4) is 0 Å². The van der Waals surface area contributed by atoms with E-state index in [-0.39, 0.29) is 18.9 Å². The van der Waals surface area contributed by atoms with Crippen molar-refractivity contribution in [3.05, 3.63) is 11.3 Å². The molecule has 0 aromatic rings. The number of halogens is 3. The van der Waals surface area contributed by atoms with Crippen LogP contribution >= 0.6 is 7.75 Å². The zero-order valence-electron chi connectivity index (χ0n) is 13.4. The molecule has 1 atom stereocenters. The minimum absolute atomic E-state index is 0.254. The predicted molar refractivity (Wildman–Crippen MR) is 75.6 cm³/mol. The molecule has 1 amide bonds. The van der Waals surface area contributed by atoms with Crippen LogP contribution in [0.25, 0.3) is 0 Å². The van der Waals surface area contributed by atoms with Crippen molar-refractivity contribution in [2.24, 2.45) is 0 Å². The van der Waals surface area contributed by atoms with E-state index in [1.807, 2.05) is 5.32 Å². The molecule has 0 spiro atoms. The number of esters is 1. The van der Waals surface area contributed by atoms with Crippen LogP contribution in [0.1, 0.15) is 20.8 Å². The number of ether oxygens (including phenoxy) is 1. The van der Waals surface area contributed by atoms with Crippen molar-refractivity contribution in [1.82, 2.24) is 10.4 Å². The van der Waals surface area contributed by atoms with Gasteiger partial charge in [0.05, 0.1) is 25.9 Å². The SMILES string of the molecule is CCOP(=O)(N[C@]1(C(F)(F)F)C(=O)NC(C)=C1C(=O)OC)OCC. The highest BCUT2D eigenvalue weighted by atomic mass is 31.2. The fourth-order valence-electron chi connectivity index (χ4n) is 2.22. The van der Waals surface area contributed by atoms with Crippen LogP contribution < -0.4 is 10.4 Å². The molecule has 12 heteroatoms. The number of hydrogen-bond donors (Lipinski definition) is 2. The molecule has 0 aromatic carbocycles. The Balaban J connectivity index is 3.57. The number of hydrogen-bond acceptors (Lipinski definition) is 6. The van der Waals surface area contributed by atoms with Gasteiger partial charge in [0.15, 0.2) is 0 Å². The van der Waals surface area contributed by atoms with Gasteiger partial charge in [0.2, 0.25) is 5.54 Å². The molecule has 0 saturated carbocycles. The maximum Gasteiger partial charge on any atom is 0.420 e. The Morgan fingerprint density at radius 1 is 1.29 bits per heavy atom. The first-order valence-corrected chi connectivity index (χ1v) is 8.39. The van der Waals surface area contributed by atoms with E-state index in [0.717, 1.165) is 14.0 Å². The lowest BCUT2D eigenvalue weighted by Crippen LogP contribution is -2.63. The van der Waals surface area contributed by atoms with Crippen LogP contribution in [0.4, 0.5) is 13.2 Å². The summed E-state index contributed by atoms with van der Waals surface area (Å²) in [5, 5.41) is 3.52. The molecule has 1 heterocycles. The highest BCUT2D eigenvalue weighted by Crippen LogP contribution is 2.52. The second-order valence-electron chi connectivity index (χ2n) is 4.64. The predicted octanol–water partition coefficient (Wildman–Crippen LogP) is 1.64. The van der Waals surface area contributed by atoms with Gasteiger partial charge in [0.1, 0.15) is 0 Å². The minimum Gasteiger partial charge on any atom is -0.466 e. The van der Waals surface area contributed by atoms with Gasteiger partial charge >= 0.3 is 19.9 Å². The zero-order valence-corrected chi connectivity index (χ0v) is 14.3. The molecule has 1 rings (SSSR count). The fourth-order valence-corrected chi connectivity index (χ4v) is 3.85. The standard InChI is InChI=1S/C12H18F3N2O6P/c1-5-22-24(20,23-6-2)17-11(12(13,14)15)8(9(18)21-4)7(3)16-10(11)19/h5-6H2,1-4H3,(H,16,19)(H,17,20)/t11-/m0/s1. The number of allylic oxidation sites excluding steroid dienone is 1. The van der Waals surface area contributed by atoms with Gasteiger partial charge in [-0.15, -0.1) is 0 Å². The normalized spacial score (nSPS) is 21.9. The van der Waals surface area contributed by atoms with E-state index in [4.69, 9.17) is 9.05 Å². The van der Waals surface area contributed by atoms with Crippen LogP contribution in [0.2, 0.25) is 0 Å². The number of amides is 1. The Morgan fingerprint density at radius 3 is 2.17 bits per heavy atom. The molecular weight excluding hydrogens is 356 g/mol. The first-order chi connectivity index (χ1) is 11.0. The summed E-state index contributed by atoms with van der Waals surface area (Å²) in [6.07, 6.45) is -5.33. The molecule has 138 valence electrons. The van der Waals surface area contributed by atoms with Gasteiger partial charge in [-0.25, -0.2) is 9.36 Å². The number of nitrogens with one attached hydrogen (secondary N) is 2. The molecule has 1 aliphatic heterocycles. The monoisotopic (exact) mass is 374 g/mol. The fraction of sp³-hybridized carbons (Fsp3) is 0.667. The van der Waals surface area contributed by atoms with Crippen LogP contribution in [-0.4, -0.2) is 43.9 Å². The third-order valence-corrected chi connectivity index (χ3v) is 4.91. The van der Waals surface area contributed by atoms with Gasteiger partial charge in [-0.1, -0.05) is 0 Å². The summed E-state index contributed by atoms with van der Waals surface area (Å²) < 4.78 is 67.8. The van der Waals surface area contributed by atoms with Crippen molar-refractivity contribution in [3.63, 3.8) is 0 Å². The van der Waals surface area contributed by atoms with Gasteiger partial charge in [0.25, 0.3) is 5.91 Å². The van der Waals surface area contributed by atoms with Crippen LogP contribution in [0.5, 0.6) is 0 Å². The third kappa shape index (κ3) is 3.49. The number of methoxy groups -OCH3 is 1. The van der Waals surface area contributed by atoms with Crippen molar-refractivity contribution >= 4 is 19.6 Å². The number of alkyl halides is 3. The maximum absolute atomic E-state index is 13.8. The van der Waals surface area contributed by atoms with E-state index in [1.165, 1.54) is 13.8 Å². The number of carbonyl (C=O) groups is 2. The number of carbonyl (C=O) groups excluding carboxylic acids is 2. The zero-order chi connectivity index (χ0) is 18.8. The topological polar surface area (TPSA) is 103 Å². The molecule has 0 radical (unpaired) electrons. The minimum atomic E-state index is -5.33. The third-order valence-electron chi connectivity index (χ3n) is 3.11. The van der Waals surface area contributed by atoms with Crippen LogP contribution in [-0.2, 0) is 27.9 Å². The van der Waals surface area contributed by atoms with E-state index in [0.29, 0.717) is 0 Å². The summed E-state index contributed by atoms with van der Waals surface area (Å²) in [6.45, 7) is 3.34. The summed E-state index contributed by atoms with van der Waals surface area (Å²) in [4.78, 5) is 23.9. The van der Waals surface area contributed by atoms with Gasteiger partial charge in [-0.05, 0) is 20.8 Å². The van der Waals surface area contributed by atoms with Gasteiger partial charge < -0.3 is 10.1 Å². The Labute approximate surface area is 136 Å². The van der Waals surface area contributed by atoms with E-state index in [1.54, 1.807) is 5.09 Å². The smallest absolute Gasteiger partial charge is 0.420 e. The molecular formula is C12H18F3N2O6P. The first kappa shape index (κ1) is 20.6. The van der Waals surface area contributed by atoms with Crippen molar-refractivity contribution < 1.29 is 41.1 Å². The van der Waals surface area contributed by atoms with E-state index < -0.39 is 36.9 Å². The van der Waals surface area contributed by atoms with Crippen LogP contribution in [0, 0.1) is 0 Å². The lowest BCUT2D eigenvalue weighted by Gasteiger charge is -2.34. The molecule has 8 nitrogen and oxygen atoms in total. The second-order valence-corrected chi connectivity index (χ2v) is 6.37. The van der Waals surface area contributed by atoms with E-state index in [2.05, 4.69) is 4.74 Å². The molecule has 0 bridgehead atoms. The molecule has 0 unspecified atom stereocenters. The lowest BCUT2D eigenvalue weighted by molar-refractivity contribution is -0.188. The van der Waals surface area contributed by atoms with Crippen molar-refractivity contribution in [2.45, 2.75) is 32.5 Å². The van der Waals surface area contributed by atoms with Gasteiger partial charge in [-0.2, -0.15) is 18.3 Å². The van der Waals surface area contributed by atoms with Crippen molar-refractivity contribution in [3.8, 4) is 0 Å². The molecule has 24 heavy (non-hydrogen) atoms. The van der Waals surface area contributed by atoms with Gasteiger partial charge in [-0.3, -0.25) is 13.8 Å². The van der Waals surface area contributed by atoms with Crippen molar-refractivity contribution in [1.29, 1.82) is 0 Å². The first-order valence-electron chi connectivity index (χ1n) is 6.85. The summed E-state index contributed by atoms with van der Waals surface area (Å²) in [6, 6.07) is 0. The summed E-state index contributed by atoms with van der Waals surface area (Å²) in [7, 11) is -3.70.